The fourth-order valence-electron chi connectivity index (χ4n) is 6.79. The number of imidazole rings is 1. The fraction of sp³-hybridized carbons (Fsp3) is 0.458. The van der Waals surface area contributed by atoms with Crippen molar-refractivity contribution in [3.8, 4) is 11.5 Å². The maximum atomic E-state index is 6.15. The first-order chi connectivity index (χ1) is 13.8. The average molecular weight is 389 g/mol. The van der Waals surface area contributed by atoms with Crippen LogP contribution in [0.5, 0.6) is 0 Å². The Labute approximate surface area is 168 Å². The van der Waals surface area contributed by atoms with Gasteiger partial charge in [0.15, 0.2) is 10.7 Å². The van der Waals surface area contributed by atoms with Crippen molar-refractivity contribution in [2.24, 2.45) is 17.8 Å². The lowest BCUT2D eigenvalue weighted by molar-refractivity contribution is 0.215. The molecule has 4 unspecified atom stereocenters. The Kier molecular flexibility index (Phi) is 3.11. The summed E-state index contributed by atoms with van der Waals surface area (Å²) >= 11 is 1.74. The van der Waals surface area contributed by atoms with E-state index in [1.54, 1.807) is 11.3 Å². The molecule has 3 aliphatic carbocycles. The number of furan rings is 1. The number of aromatic nitrogens is 2. The highest BCUT2D eigenvalue weighted by atomic mass is 32.1. The van der Waals surface area contributed by atoms with Gasteiger partial charge in [-0.25, -0.2) is 4.98 Å². The first-order valence-electron chi connectivity index (χ1n) is 10.7. The highest BCUT2D eigenvalue weighted by molar-refractivity contribution is 7.15. The number of nitrogens with zero attached hydrogens (tertiary/aromatic N) is 2. The first kappa shape index (κ1) is 15.8. The van der Waals surface area contributed by atoms with E-state index in [1.807, 2.05) is 12.1 Å². The van der Waals surface area contributed by atoms with Crippen molar-refractivity contribution in [3.63, 3.8) is 0 Å². The van der Waals surface area contributed by atoms with E-state index in [9.17, 15) is 0 Å². The van der Waals surface area contributed by atoms with Gasteiger partial charge in [0.1, 0.15) is 11.3 Å². The molecule has 4 aromatic rings. The van der Waals surface area contributed by atoms with Crippen molar-refractivity contribution in [1.82, 2.24) is 9.38 Å². The SMILES string of the molecule is c1ccc2oc(-c3csc4nc(C56CC7CCCC(C5)C(C7)C6)cn34)cc2c1. The molecule has 0 N–H and O–H groups in total. The van der Waals surface area contributed by atoms with Crippen LogP contribution in [-0.2, 0) is 5.41 Å². The quantitative estimate of drug-likeness (QED) is 0.384. The van der Waals surface area contributed by atoms with Crippen LogP contribution < -0.4 is 0 Å². The molecule has 3 saturated carbocycles. The van der Waals surface area contributed by atoms with Crippen molar-refractivity contribution in [3.05, 3.63) is 47.6 Å². The molecular formula is C24H24N2OS. The van der Waals surface area contributed by atoms with E-state index in [2.05, 4.69) is 34.2 Å². The van der Waals surface area contributed by atoms with E-state index in [1.165, 1.54) is 50.6 Å². The number of benzene rings is 1. The van der Waals surface area contributed by atoms with Gasteiger partial charge in [0.2, 0.25) is 0 Å². The zero-order chi connectivity index (χ0) is 18.3. The maximum absolute atomic E-state index is 6.15. The van der Waals surface area contributed by atoms with E-state index in [-0.39, 0.29) is 0 Å². The molecule has 0 amide bonds. The lowest BCUT2D eigenvalue weighted by Crippen LogP contribution is -2.31. The molecule has 4 atom stereocenters. The lowest BCUT2D eigenvalue weighted by atomic mass is 9.68. The van der Waals surface area contributed by atoms with E-state index < -0.39 is 0 Å². The summed E-state index contributed by atoms with van der Waals surface area (Å²) in [5.74, 6) is 3.78. The van der Waals surface area contributed by atoms with E-state index >= 15 is 0 Å². The summed E-state index contributed by atoms with van der Waals surface area (Å²) in [6.45, 7) is 0. The zero-order valence-electron chi connectivity index (χ0n) is 15.9. The smallest absolute Gasteiger partial charge is 0.194 e. The molecule has 3 fully saturated rings. The number of para-hydroxylation sites is 1. The van der Waals surface area contributed by atoms with Crippen LogP contribution in [0, 0.1) is 17.8 Å². The van der Waals surface area contributed by atoms with Crippen LogP contribution >= 0.6 is 11.3 Å². The summed E-state index contributed by atoms with van der Waals surface area (Å²) in [5, 5.41) is 3.35. The molecule has 3 bridgehead atoms. The molecular weight excluding hydrogens is 364 g/mol. The molecule has 3 aromatic heterocycles. The third-order valence-corrected chi connectivity index (χ3v) is 8.75. The molecule has 0 aliphatic heterocycles. The molecule has 7 rings (SSSR count). The Morgan fingerprint density at radius 1 is 1.11 bits per heavy atom. The molecule has 3 aliphatic rings. The second-order valence-electron chi connectivity index (χ2n) is 9.49. The summed E-state index contributed by atoms with van der Waals surface area (Å²) in [7, 11) is 0. The first-order valence-corrected chi connectivity index (χ1v) is 11.6. The van der Waals surface area contributed by atoms with E-state index in [0.717, 1.165) is 45.1 Å². The van der Waals surface area contributed by atoms with Gasteiger partial charge in [0.05, 0.1) is 5.69 Å². The minimum Gasteiger partial charge on any atom is -0.454 e. The van der Waals surface area contributed by atoms with Crippen LogP contribution in [0.4, 0.5) is 0 Å². The van der Waals surface area contributed by atoms with Crippen LogP contribution in [0.2, 0.25) is 0 Å². The standard InChI is InChI=1S/C24H24N2OS/c1-2-7-20-16(5-1)9-21(27-20)19-14-28-23-25-22(13-26(19)23)24-10-15-4-3-6-17(11-24)18(8-15)12-24/h1-2,5,7,9,13-15,17-18H,3-4,6,8,10-12H2. The summed E-state index contributed by atoms with van der Waals surface area (Å²) in [4.78, 5) is 6.28. The number of hydrogen-bond donors (Lipinski definition) is 0. The molecule has 142 valence electrons. The summed E-state index contributed by atoms with van der Waals surface area (Å²) in [6.07, 6.45) is 12.3. The van der Waals surface area contributed by atoms with Gasteiger partial charge in [-0.15, -0.1) is 11.3 Å². The van der Waals surface area contributed by atoms with Gasteiger partial charge in [-0.05, 0) is 55.6 Å². The van der Waals surface area contributed by atoms with Crippen LogP contribution in [0.1, 0.15) is 50.6 Å². The Balaban J connectivity index is 1.34. The van der Waals surface area contributed by atoms with Gasteiger partial charge in [0, 0.05) is 22.4 Å². The molecule has 3 heterocycles. The molecule has 28 heavy (non-hydrogen) atoms. The highest BCUT2D eigenvalue weighted by Gasteiger charge is 2.53. The van der Waals surface area contributed by atoms with Crippen LogP contribution in [0.15, 0.2) is 46.3 Å². The Bertz CT molecular complexity index is 1160. The molecule has 1 aromatic carbocycles. The van der Waals surface area contributed by atoms with Gasteiger partial charge in [-0.2, -0.15) is 0 Å². The predicted octanol–water partition coefficient (Wildman–Crippen LogP) is 6.67. The predicted molar refractivity (Wildman–Crippen MR) is 113 cm³/mol. The molecule has 0 saturated heterocycles. The van der Waals surface area contributed by atoms with Crippen LogP contribution in [0.3, 0.4) is 0 Å². The lowest BCUT2D eigenvalue weighted by Gasteiger charge is -2.36. The largest absolute Gasteiger partial charge is 0.454 e. The summed E-state index contributed by atoms with van der Waals surface area (Å²) in [6, 6.07) is 10.4. The summed E-state index contributed by atoms with van der Waals surface area (Å²) < 4.78 is 8.44. The topological polar surface area (TPSA) is 30.4 Å². The highest BCUT2D eigenvalue weighted by Crippen LogP contribution is 2.60. The average Bonchev–Trinajstić information content (AvgIpc) is 3.41. The maximum Gasteiger partial charge on any atom is 0.194 e. The van der Waals surface area contributed by atoms with Gasteiger partial charge in [-0.3, -0.25) is 4.40 Å². The van der Waals surface area contributed by atoms with Crippen LogP contribution in [-0.4, -0.2) is 9.38 Å². The Morgan fingerprint density at radius 2 is 2.04 bits per heavy atom. The van der Waals surface area contributed by atoms with Crippen LogP contribution in [0.25, 0.3) is 27.4 Å². The third kappa shape index (κ3) is 2.13. The third-order valence-electron chi connectivity index (χ3n) is 7.91. The van der Waals surface area contributed by atoms with Crippen molar-refractivity contribution in [2.45, 2.75) is 50.4 Å². The summed E-state index contributed by atoms with van der Waals surface area (Å²) in [5.41, 5.74) is 3.79. The number of thiazole rings is 1. The van der Waals surface area contributed by atoms with Gasteiger partial charge < -0.3 is 4.42 Å². The molecule has 0 spiro atoms. The molecule has 0 radical (unpaired) electrons. The second-order valence-corrected chi connectivity index (χ2v) is 10.3. The van der Waals surface area contributed by atoms with Crippen molar-refractivity contribution in [2.75, 3.05) is 0 Å². The normalized spacial score (nSPS) is 31.8. The fourth-order valence-corrected chi connectivity index (χ4v) is 7.65. The van der Waals surface area contributed by atoms with Crippen molar-refractivity contribution in [1.29, 1.82) is 0 Å². The monoisotopic (exact) mass is 388 g/mol. The van der Waals surface area contributed by atoms with Gasteiger partial charge in [-0.1, -0.05) is 37.5 Å². The van der Waals surface area contributed by atoms with Crippen molar-refractivity contribution >= 4 is 27.3 Å². The molecule has 4 heteroatoms. The van der Waals surface area contributed by atoms with Gasteiger partial charge in [0.25, 0.3) is 0 Å². The van der Waals surface area contributed by atoms with E-state index in [4.69, 9.17) is 9.40 Å². The van der Waals surface area contributed by atoms with Gasteiger partial charge >= 0.3 is 0 Å². The number of hydrogen-bond acceptors (Lipinski definition) is 3. The minimum atomic E-state index is 0.343. The number of rotatable bonds is 2. The Hall–Kier alpha value is -2.07. The zero-order valence-corrected chi connectivity index (χ0v) is 16.8. The Morgan fingerprint density at radius 3 is 3.00 bits per heavy atom. The van der Waals surface area contributed by atoms with E-state index in [0.29, 0.717) is 5.41 Å². The minimum absolute atomic E-state index is 0.343. The number of fused-ring (bicyclic) bond motifs is 4. The second kappa shape index (κ2) is 5.50. The van der Waals surface area contributed by atoms with Crippen molar-refractivity contribution < 1.29 is 4.42 Å². The molecule has 3 nitrogen and oxygen atoms in total.